The Kier molecular flexibility index (Phi) is 5.55. The van der Waals surface area contributed by atoms with Crippen molar-refractivity contribution in [2.24, 2.45) is 0 Å². The van der Waals surface area contributed by atoms with E-state index in [2.05, 4.69) is 42.2 Å². The molecule has 1 aromatic heterocycles. The minimum Gasteiger partial charge on any atom is -0.484 e. The standard InChI is InChI=1S/C22H23N3O3/c1-5-12-27-17-10-11-18-19(13-17)24-25-21(18)23-20(26)14-28-16-8-6-15(7-9-16)22(2,3)4/h1,6-11,13H,12,14H2,2-4H3,(H2,23,24,25,26). The van der Waals surface area contributed by atoms with Gasteiger partial charge in [-0.15, -0.1) is 6.42 Å². The van der Waals surface area contributed by atoms with E-state index in [1.54, 1.807) is 12.1 Å². The van der Waals surface area contributed by atoms with Crippen LogP contribution in [-0.2, 0) is 10.2 Å². The number of terminal acetylenes is 1. The Balaban J connectivity index is 1.59. The van der Waals surface area contributed by atoms with Crippen molar-refractivity contribution in [1.82, 2.24) is 10.2 Å². The van der Waals surface area contributed by atoms with E-state index in [9.17, 15) is 4.79 Å². The highest BCUT2D eigenvalue weighted by molar-refractivity contribution is 6.00. The molecule has 0 radical (unpaired) electrons. The summed E-state index contributed by atoms with van der Waals surface area (Å²) in [7, 11) is 0. The van der Waals surface area contributed by atoms with Gasteiger partial charge in [-0.05, 0) is 35.2 Å². The number of aromatic nitrogens is 2. The van der Waals surface area contributed by atoms with Crippen LogP contribution < -0.4 is 14.8 Å². The van der Waals surface area contributed by atoms with Crippen LogP contribution >= 0.6 is 0 Å². The van der Waals surface area contributed by atoms with Crippen LogP contribution in [0.4, 0.5) is 5.82 Å². The smallest absolute Gasteiger partial charge is 0.263 e. The molecule has 0 bridgehead atoms. The highest BCUT2D eigenvalue weighted by Crippen LogP contribution is 2.26. The van der Waals surface area contributed by atoms with Crippen LogP contribution in [0.3, 0.4) is 0 Å². The first-order valence-electron chi connectivity index (χ1n) is 8.94. The maximum atomic E-state index is 12.2. The van der Waals surface area contributed by atoms with Crippen LogP contribution in [0.25, 0.3) is 10.9 Å². The summed E-state index contributed by atoms with van der Waals surface area (Å²) in [5, 5.41) is 10.5. The van der Waals surface area contributed by atoms with Crippen LogP contribution in [0.5, 0.6) is 11.5 Å². The number of hydrogen-bond acceptors (Lipinski definition) is 4. The molecule has 28 heavy (non-hydrogen) atoms. The van der Waals surface area contributed by atoms with Crippen molar-refractivity contribution in [3.63, 3.8) is 0 Å². The molecule has 3 rings (SSSR count). The summed E-state index contributed by atoms with van der Waals surface area (Å²) in [6, 6.07) is 13.1. The molecule has 0 aliphatic rings. The molecular formula is C22H23N3O3. The first-order chi connectivity index (χ1) is 13.4. The molecule has 0 atom stereocenters. The number of carbonyl (C=O) groups is 1. The van der Waals surface area contributed by atoms with Crippen LogP contribution in [0.15, 0.2) is 42.5 Å². The van der Waals surface area contributed by atoms with Crippen molar-refractivity contribution >= 4 is 22.6 Å². The van der Waals surface area contributed by atoms with Crippen LogP contribution in [0.2, 0.25) is 0 Å². The maximum Gasteiger partial charge on any atom is 0.263 e. The number of nitrogens with zero attached hydrogens (tertiary/aromatic N) is 1. The Morgan fingerprint density at radius 1 is 1.14 bits per heavy atom. The second-order valence-corrected chi connectivity index (χ2v) is 7.38. The van der Waals surface area contributed by atoms with Gasteiger partial charge >= 0.3 is 0 Å². The van der Waals surface area contributed by atoms with Crippen molar-refractivity contribution in [1.29, 1.82) is 0 Å². The second-order valence-electron chi connectivity index (χ2n) is 7.38. The first kappa shape index (κ1) is 19.3. The molecule has 3 aromatic rings. The van der Waals surface area contributed by atoms with Gasteiger partial charge in [0, 0.05) is 11.5 Å². The average molecular weight is 377 g/mol. The Bertz CT molecular complexity index is 1010. The zero-order chi connectivity index (χ0) is 20.1. The van der Waals surface area contributed by atoms with E-state index in [-0.39, 0.29) is 24.5 Å². The minimum atomic E-state index is -0.291. The number of amides is 1. The number of carbonyl (C=O) groups excluding carboxylic acids is 1. The number of H-pyrrole nitrogens is 1. The van der Waals surface area contributed by atoms with E-state index in [4.69, 9.17) is 15.9 Å². The van der Waals surface area contributed by atoms with Gasteiger partial charge in [-0.3, -0.25) is 9.89 Å². The summed E-state index contributed by atoms with van der Waals surface area (Å²) >= 11 is 0. The Hall–Kier alpha value is -3.46. The number of anilines is 1. The first-order valence-corrected chi connectivity index (χ1v) is 8.94. The van der Waals surface area contributed by atoms with Crippen molar-refractivity contribution in [3.05, 3.63) is 48.0 Å². The normalized spacial score (nSPS) is 11.1. The Labute approximate surface area is 164 Å². The van der Waals surface area contributed by atoms with Gasteiger partial charge < -0.3 is 14.8 Å². The average Bonchev–Trinajstić information content (AvgIpc) is 3.06. The molecule has 0 aliphatic heterocycles. The van der Waals surface area contributed by atoms with Gasteiger partial charge in [0.1, 0.15) is 18.1 Å². The van der Waals surface area contributed by atoms with Crippen molar-refractivity contribution in [2.45, 2.75) is 26.2 Å². The van der Waals surface area contributed by atoms with E-state index >= 15 is 0 Å². The Morgan fingerprint density at radius 3 is 2.54 bits per heavy atom. The van der Waals surface area contributed by atoms with E-state index in [0.717, 1.165) is 10.9 Å². The second kappa shape index (κ2) is 8.05. The lowest BCUT2D eigenvalue weighted by Crippen LogP contribution is -2.20. The summed E-state index contributed by atoms with van der Waals surface area (Å²) in [6.07, 6.45) is 5.19. The van der Waals surface area contributed by atoms with Gasteiger partial charge in [-0.1, -0.05) is 38.8 Å². The lowest BCUT2D eigenvalue weighted by atomic mass is 9.87. The zero-order valence-electron chi connectivity index (χ0n) is 16.2. The third-order valence-electron chi connectivity index (χ3n) is 4.20. The number of aromatic amines is 1. The molecular weight excluding hydrogens is 354 g/mol. The largest absolute Gasteiger partial charge is 0.484 e. The van der Waals surface area contributed by atoms with E-state index < -0.39 is 0 Å². The highest BCUT2D eigenvalue weighted by atomic mass is 16.5. The Morgan fingerprint density at radius 2 is 1.86 bits per heavy atom. The minimum absolute atomic E-state index is 0.0721. The van der Waals surface area contributed by atoms with Crippen molar-refractivity contribution in [2.75, 3.05) is 18.5 Å². The van der Waals surface area contributed by atoms with Crippen molar-refractivity contribution < 1.29 is 14.3 Å². The maximum absolute atomic E-state index is 12.2. The molecule has 1 amide bonds. The summed E-state index contributed by atoms with van der Waals surface area (Å²) in [5.74, 6) is 3.84. The van der Waals surface area contributed by atoms with Crippen LogP contribution in [0, 0.1) is 12.3 Å². The number of fused-ring (bicyclic) bond motifs is 1. The molecule has 1 heterocycles. The SMILES string of the molecule is C#CCOc1ccc2c(NC(=O)COc3ccc(C(C)(C)C)cc3)n[nH]c2c1. The third kappa shape index (κ3) is 4.63. The fraction of sp³-hybridized carbons (Fsp3) is 0.273. The third-order valence-corrected chi connectivity index (χ3v) is 4.20. The van der Waals surface area contributed by atoms with Gasteiger partial charge in [0.05, 0.1) is 5.52 Å². The predicted molar refractivity (Wildman–Crippen MR) is 110 cm³/mol. The molecule has 0 saturated carbocycles. The highest BCUT2D eigenvalue weighted by Gasteiger charge is 2.14. The molecule has 0 spiro atoms. The molecule has 0 aliphatic carbocycles. The lowest BCUT2D eigenvalue weighted by molar-refractivity contribution is -0.118. The molecule has 6 nitrogen and oxygen atoms in total. The van der Waals surface area contributed by atoms with Gasteiger partial charge in [0.2, 0.25) is 0 Å². The van der Waals surface area contributed by atoms with E-state index in [1.807, 2.05) is 30.3 Å². The van der Waals surface area contributed by atoms with Gasteiger partial charge in [0.25, 0.3) is 5.91 Å². The molecule has 2 N–H and O–H groups in total. The summed E-state index contributed by atoms with van der Waals surface area (Å²) in [4.78, 5) is 12.2. The van der Waals surface area contributed by atoms with E-state index in [0.29, 0.717) is 17.3 Å². The number of benzene rings is 2. The monoisotopic (exact) mass is 377 g/mol. The topological polar surface area (TPSA) is 76.2 Å². The fourth-order valence-electron chi connectivity index (χ4n) is 2.68. The number of hydrogen-bond donors (Lipinski definition) is 2. The summed E-state index contributed by atoms with van der Waals surface area (Å²) in [5.41, 5.74) is 2.02. The summed E-state index contributed by atoms with van der Waals surface area (Å²) < 4.78 is 11.0. The van der Waals surface area contributed by atoms with Crippen LogP contribution in [0.1, 0.15) is 26.3 Å². The summed E-state index contributed by atoms with van der Waals surface area (Å²) in [6.45, 7) is 6.53. The quantitative estimate of drug-likeness (QED) is 0.639. The van der Waals surface area contributed by atoms with E-state index in [1.165, 1.54) is 5.56 Å². The fourth-order valence-corrected chi connectivity index (χ4v) is 2.68. The van der Waals surface area contributed by atoms with Gasteiger partial charge in [-0.2, -0.15) is 5.10 Å². The molecule has 0 unspecified atom stereocenters. The van der Waals surface area contributed by atoms with Gasteiger partial charge in [-0.25, -0.2) is 0 Å². The molecule has 0 saturated heterocycles. The number of rotatable bonds is 6. The van der Waals surface area contributed by atoms with Gasteiger partial charge in [0.15, 0.2) is 12.4 Å². The molecule has 144 valence electrons. The van der Waals surface area contributed by atoms with Crippen molar-refractivity contribution in [3.8, 4) is 23.8 Å². The number of nitrogens with one attached hydrogen (secondary N) is 2. The molecule has 0 fully saturated rings. The molecule has 6 heteroatoms. The zero-order valence-corrected chi connectivity index (χ0v) is 16.2. The predicted octanol–water partition coefficient (Wildman–Crippen LogP) is 3.89. The molecule has 2 aromatic carbocycles. The number of ether oxygens (including phenoxy) is 2. The lowest BCUT2D eigenvalue weighted by Gasteiger charge is -2.19. The van der Waals surface area contributed by atoms with Crippen LogP contribution in [-0.4, -0.2) is 29.3 Å².